The zero-order chi connectivity index (χ0) is 15.1. The monoisotopic (exact) mass is 302 g/mol. The SMILES string of the molecule is COc1ccc(C#CCO)c(CSc2cccc(F)c2)c1. The Morgan fingerprint density at radius 3 is 2.81 bits per heavy atom. The van der Waals surface area contributed by atoms with Crippen molar-refractivity contribution in [3.05, 3.63) is 59.4 Å². The lowest BCUT2D eigenvalue weighted by molar-refractivity contribution is 0.350. The summed E-state index contributed by atoms with van der Waals surface area (Å²) in [5, 5.41) is 8.81. The molecule has 0 aliphatic carbocycles. The average Bonchev–Trinajstić information content (AvgIpc) is 2.51. The van der Waals surface area contributed by atoms with Crippen LogP contribution in [0.2, 0.25) is 0 Å². The molecular formula is C17H15FO2S. The summed E-state index contributed by atoms with van der Waals surface area (Å²) in [5.74, 6) is 6.72. The highest BCUT2D eigenvalue weighted by molar-refractivity contribution is 7.98. The van der Waals surface area contributed by atoms with E-state index in [1.165, 1.54) is 23.9 Å². The lowest BCUT2D eigenvalue weighted by Crippen LogP contribution is -1.91. The van der Waals surface area contributed by atoms with E-state index in [-0.39, 0.29) is 12.4 Å². The largest absolute Gasteiger partial charge is 0.497 e. The summed E-state index contributed by atoms with van der Waals surface area (Å²) in [5.41, 5.74) is 1.83. The molecule has 0 atom stereocenters. The fourth-order valence-corrected chi connectivity index (χ4v) is 2.72. The van der Waals surface area contributed by atoms with E-state index >= 15 is 0 Å². The van der Waals surface area contributed by atoms with Gasteiger partial charge in [0.25, 0.3) is 0 Å². The number of rotatable bonds is 4. The summed E-state index contributed by atoms with van der Waals surface area (Å²) >= 11 is 1.53. The maximum Gasteiger partial charge on any atom is 0.124 e. The number of ether oxygens (including phenoxy) is 1. The van der Waals surface area contributed by atoms with Crippen molar-refractivity contribution in [2.24, 2.45) is 0 Å². The average molecular weight is 302 g/mol. The molecule has 1 N–H and O–H groups in total. The Labute approximate surface area is 128 Å². The number of aliphatic hydroxyl groups excluding tert-OH is 1. The van der Waals surface area contributed by atoms with Gasteiger partial charge in [0.15, 0.2) is 0 Å². The number of thioether (sulfide) groups is 1. The van der Waals surface area contributed by atoms with Crippen molar-refractivity contribution in [2.75, 3.05) is 13.7 Å². The fraction of sp³-hybridized carbons (Fsp3) is 0.176. The molecule has 0 amide bonds. The molecule has 2 rings (SSSR count). The smallest absolute Gasteiger partial charge is 0.124 e. The standard InChI is InChI=1S/C17H15FO2S/c1-20-16-8-7-13(4-3-9-19)14(10-16)12-21-17-6-2-5-15(18)11-17/h2,5-8,10-11,19H,9,12H2,1H3. The molecule has 4 heteroatoms. The van der Waals surface area contributed by atoms with Gasteiger partial charge in [0.05, 0.1) is 7.11 Å². The highest BCUT2D eigenvalue weighted by Crippen LogP contribution is 2.27. The molecule has 0 spiro atoms. The Kier molecular flexibility index (Phi) is 5.68. The van der Waals surface area contributed by atoms with Gasteiger partial charge in [-0.2, -0.15) is 0 Å². The normalized spacial score (nSPS) is 9.86. The van der Waals surface area contributed by atoms with Crippen LogP contribution in [0.1, 0.15) is 11.1 Å². The second kappa shape index (κ2) is 7.72. The van der Waals surface area contributed by atoms with Gasteiger partial charge in [0, 0.05) is 16.2 Å². The molecule has 0 aliphatic rings. The number of halogens is 1. The molecule has 2 aromatic carbocycles. The van der Waals surface area contributed by atoms with Crippen LogP contribution in [0.15, 0.2) is 47.4 Å². The van der Waals surface area contributed by atoms with Gasteiger partial charge in [0.1, 0.15) is 18.2 Å². The number of hydrogen-bond acceptors (Lipinski definition) is 3. The van der Waals surface area contributed by atoms with Crippen molar-refractivity contribution in [3.8, 4) is 17.6 Å². The van der Waals surface area contributed by atoms with Crippen molar-refractivity contribution in [2.45, 2.75) is 10.6 Å². The first-order chi connectivity index (χ1) is 10.2. The molecule has 0 radical (unpaired) electrons. The Bertz CT molecular complexity index is 674. The van der Waals surface area contributed by atoms with Crippen LogP contribution < -0.4 is 4.74 Å². The highest BCUT2D eigenvalue weighted by atomic mass is 32.2. The van der Waals surface area contributed by atoms with E-state index < -0.39 is 0 Å². The third-order valence-corrected chi connectivity index (χ3v) is 3.85. The number of hydrogen-bond donors (Lipinski definition) is 1. The van der Waals surface area contributed by atoms with E-state index in [0.29, 0.717) is 5.75 Å². The fourth-order valence-electron chi connectivity index (χ4n) is 1.79. The van der Waals surface area contributed by atoms with Crippen LogP contribution >= 0.6 is 11.8 Å². The number of benzene rings is 2. The second-order valence-electron chi connectivity index (χ2n) is 4.23. The molecule has 0 unspecified atom stereocenters. The van der Waals surface area contributed by atoms with E-state index in [0.717, 1.165) is 21.8 Å². The van der Waals surface area contributed by atoms with Crippen LogP contribution in [0.3, 0.4) is 0 Å². The molecule has 0 saturated carbocycles. The van der Waals surface area contributed by atoms with Gasteiger partial charge in [-0.1, -0.05) is 17.9 Å². The van der Waals surface area contributed by atoms with E-state index in [2.05, 4.69) is 11.8 Å². The molecule has 0 bridgehead atoms. The van der Waals surface area contributed by atoms with Crippen molar-refractivity contribution < 1.29 is 14.2 Å². The minimum atomic E-state index is -0.245. The van der Waals surface area contributed by atoms with Gasteiger partial charge in [-0.3, -0.25) is 0 Å². The molecule has 2 aromatic rings. The third kappa shape index (κ3) is 4.52. The van der Waals surface area contributed by atoms with Crippen molar-refractivity contribution in [3.63, 3.8) is 0 Å². The molecule has 21 heavy (non-hydrogen) atoms. The van der Waals surface area contributed by atoms with E-state index in [4.69, 9.17) is 9.84 Å². The third-order valence-electron chi connectivity index (χ3n) is 2.80. The first-order valence-electron chi connectivity index (χ1n) is 6.38. The van der Waals surface area contributed by atoms with E-state index in [1.807, 2.05) is 24.3 Å². The van der Waals surface area contributed by atoms with Crippen LogP contribution in [-0.4, -0.2) is 18.8 Å². The predicted molar refractivity (Wildman–Crippen MR) is 82.9 cm³/mol. The first kappa shape index (κ1) is 15.4. The van der Waals surface area contributed by atoms with Crippen molar-refractivity contribution in [1.29, 1.82) is 0 Å². The van der Waals surface area contributed by atoms with Crippen molar-refractivity contribution in [1.82, 2.24) is 0 Å². The topological polar surface area (TPSA) is 29.5 Å². The van der Waals surface area contributed by atoms with Crippen LogP contribution in [0.5, 0.6) is 5.75 Å². The molecule has 2 nitrogen and oxygen atoms in total. The Morgan fingerprint density at radius 1 is 1.24 bits per heavy atom. The highest BCUT2D eigenvalue weighted by Gasteiger charge is 2.05. The quantitative estimate of drug-likeness (QED) is 0.693. The Balaban J connectivity index is 2.20. The molecule has 0 saturated heterocycles. The summed E-state index contributed by atoms with van der Waals surface area (Å²) in [6.07, 6.45) is 0. The number of methoxy groups -OCH3 is 1. The van der Waals surface area contributed by atoms with E-state index in [1.54, 1.807) is 13.2 Å². The van der Waals surface area contributed by atoms with E-state index in [9.17, 15) is 4.39 Å². The first-order valence-corrected chi connectivity index (χ1v) is 7.36. The predicted octanol–water partition coefficient (Wildman–Crippen LogP) is 3.47. The summed E-state index contributed by atoms with van der Waals surface area (Å²) in [6.45, 7) is -0.178. The van der Waals surface area contributed by atoms with Gasteiger partial charge in [-0.25, -0.2) is 4.39 Å². The molecule has 108 valence electrons. The minimum absolute atomic E-state index is 0.178. The van der Waals surface area contributed by atoms with Gasteiger partial charge in [-0.15, -0.1) is 11.8 Å². The van der Waals surface area contributed by atoms with Crippen molar-refractivity contribution >= 4 is 11.8 Å². The maximum atomic E-state index is 13.2. The summed E-state index contributed by atoms with van der Waals surface area (Å²) in [7, 11) is 1.61. The summed E-state index contributed by atoms with van der Waals surface area (Å²) < 4.78 is 18.4. The summed E-state index contributed by atoms with van der Waals surface area (Å²) in [4.78, 5) is 0.860. The molecule has 0 heterocycles. The molecule has 0 aromatic heterocycles. The lowest BCUT2D eigenvalue weighted by Gasteiger charge is -2.08. The Hall–Kier alpha value is -1.96. The van der Waals surface area contributed by atoms with Gasteiger partial charge in [0.2, 0.25) is 0 Å². The maximum absolute atomic E-state index is 13.2. The molecular weight excluding hydrogens is 287 g/mol. The van der Waals surface area contributed by atoms with Crippen LogP contribution in [-0.2, 0) is 5.75 Å². The number of aliphatic hydroxyl groups is 1. The van der Waals surface area contributed by atoms with Crippen LogP contribution in [0.25, 0.3) is 0 Å². The van der Waals surface area contributed by atoms with Crippen LogP contribution in [0, 0.1) is 17.7 Å². The second-order valence-corrected chi connectivity index (χ2v) is 5.28. The lowest BCUT2D eigenvalue weighted by atomic mass is 10.1. The zero-order valence-electron chi connectivity index (χ0n) is 11.6. The van der Waals surface area contributed by atoms with Gasteiger partial charge >= 0.3 is 0 Å². The van der Waals surface area contributed by atoms with Gasteiger partial charge < -0.3 is 9.84 Å². The zero-order valence-corrected chi connectivity index (χ0v) is 12.4. The summed E-state index contributed by atoms with van der Waals surface area (Å²) in [6, 6.07) is 12.1. The molecule has 0 fully saturated rings. The Morgan fingerprint density at radius 2 is 2.10 bits per heavy atom. The van der Waals surface area contributed by atoms with Crippen LogP contribution in [0.4, 0.5) is 4.39 Å². The molecule has 0 aliphatic heterocycles. The minimum Gasteiger partial charge on any atom is -0.497 e. The van der Waals surface area contributed by atoms with Gasteiger partial charge in [-0.05, 0) is 42.0 Å².